The van der Waals surface area contributed by atoms with Crippen LogP contribution in [0.1, 0.15) is 35.3 Å². The molecule has 1 saturated carbocycles. The topological polar surface area (TPSA) is 60.6 Å². The fourth-order valence-electron chi connectivity index (χ4n) is 4.11. The number of morpholine rings is 1. The molecule has 6 nitrogen and oxygen atoms in total. The minimum absolute atomic E-state index is 0.268. The van der Waals surface area contributed by atoms with E-state index in [1.54, 1.807) is 7.11 Å². The van der Waals surface area contributed by atoms with Gasteiger partial charge in [-0.3, -0.25) is 4.90 Å². The molecule has 29 heavy (non-hydrogen) atoms. The molecule has 6 heteroatoms. The normalized spacial score (nSPS) is 21.8. The number of hydrogen-bond acceptors (Lipinski definition) is 6. The fraction of sp³-hybridized carbons (Fsp3) is 0.391. The van der Waals surface area contributed by atoms with Gasteiger partial charge in [-0.05, 0) is 35.6 Å². The van der Waals surface area contributed by atoms with Gasteiger partial charge in [-0.15, -0.1) is 0 Å². The van der Waals surface area contributed by atoms with Gasteiger partial charge in [-0.1, -0.05) is 41.6 Å². The molecular weight excluding hydrogens is 366 g/mol. The van der Waals surface area contributed by atoms with E-state index in [2.05, 4.69) is 34.3 Å². The van der Waals surface area contributed by atoms with Gasteiger partial charge in [-0.2, -0.15) is 4.98 Å². The van der Waals surface area contributed by atoms with Crippen LogP contribution >= 0.6 is 0 Å². The third-order valence-corrected chi connectivity index (χ3v) is 5.78. The summed E-state index contributed by atoms with van der Waals surface area (Å²) in [5, 5.41) is 4.26. The van der Waals surface area contributed by atoms with Crippen molar-refractivity contribution in [2.24, 2.45) is 0 Å². The minimum Gasteiger partial charge on any atom is -0.496 e. The molecule has 1 aromatic heterocycles. The summed E-state index contributed by atoms with van der Waals surface area (Å²) in [6.45, 7) is 4.48. The van der Waals surface area contributed by atoms with Crippen LogP contribution in [0.15, 0.2) is 53.1 Å². The highest BCUT2D eigenvalue weighted by Gasteiger charge is 2.45. The highest BCUT2D eigenvalue weighted by molar-refractivity contribution is 5.55. The molecule has 2 fully saturated rings. The lowest BCUT2D eigenvalue weighted by Crippen LogP contribution is -2.35. The average molecular weight is 391 g/mol. The summed E-state index contributed by atoms with van der Waals surface area (Å²) < 4.78 is 16.6. The highest BCUT2D eigenvalue weighted by atomic mass is 16.5. The molecule has 2 aromatic carbocycles. The van der Waals surface area contributed by atoms with E-state index < -0.39 is 0 Å². The number of aromatic nitrogens is 2. The van der Waals surface area contributed by atoms with E-state index in [1.165, 1.54) is 11.1 Å². The molecule has 0 bridgehead atoms. The maximum absolute atomic E-state index is 5.63. The zero-order chi connectivity index (χ0) is 19.6. The standard InChI is InChI=1S/C23H25N3O3/c1-27-21-8-3-2-7-18(21)19-14-20(19)23-24-22(25-29-23)17-6-4-5-16(13-17)15-26-9-11-28-12-10-26/h2-8,13,19-20H,9-12,14-15H2,1H3/t19-,20+/m1/s1. The van der Waals surface area contributed by atoms with E-state index in [1.807, 2.05) is 24.3 Å². The Bertz CT molecular complexity index is 981. The van der Waals surface area contributed by atoms with Crippen molar-refractivity contribution in [2.45, 2.75) is 24.8 Å². The molecule has 2 heterocycles. The van der Waals surface area contributed by atoms with Crippen molar-refractivity contribution in [2.75, 3.05) is 33.4 Å². The Morgan fingerprint density at radius 1 is 1.07 bits per heavy atom. The molecule has 2 aliphatic rings. The molecule has 2 atom stereocenters. The van der Waals surface area contributed by atoms with Crippen LogP contribution in [0.5, 0.6) is 5.75 Å². The lowest BCUT2D eigenvalue weighted by atomic mass is 10.1. The number of ether oxygens (including phenoxy) is 2. The van der Waals surface area contributed by atoms with Gasteiger partial charge < -0.3 is 14.0 Å². The molecule has 1 saturated heterocycles. The zero-order valence-electron chi connectivity index (χ0n) is 16.6. The average Bonchev–Trinajstić information content (AvgIpc) is 3.42. The summed E-state index contributed by atoms with van der Waals surface area (Å²) in [6.07, 6.45) is 1.01. The molecule has 3 aromatic rings. The molecule has 0 radical (unpaired) electrons. The Morgan fingerprint density at radius 3 is 2.79 bits per heavy atom. The number of methoxy groups -OCH3 is 1. The van der Waals surface area contributed by atoms with Crippen molar-refractivity contribution in [1.82, 2.24) is 15.0 Å². The smallest absolute Gasteiger partial charge is 0.230 e. The van der Waals surface area contributed by atoms with Gasteiger partial charge in [0.15, 0.2) is 0 Å². The lowest BCUT2D eigenvalue weighted by Gasteiger charge is -2.26. The molecule has 1 aliphatic carbocycles. The molecule has 0 amide bonds. The van der Waals surface area contributed by atoms with Crippen LogP contribution in [0, 0.1) is 0 Å². The van der Waals surface area contributed by atoms with Crippen LogP contribution < -0.4 is 4.74 Å². The van der Waals surface area contributed by atoms with E-state index in [0.717, 1.165) is 56.5 Å². The third-order valence-electron chi connectivity index (χ3n) is 5.78. The summed E-state index contributed by atoms with van der Waals surface area (Å²) >= 11 is 0. The Labute approximate surface area is 170 Å². The summed E-state index contributed by atoms with van der Waals surface area (Å²) in [5.74, 6) is 2.95. The summed E-state index contributed by atoms with van der Waals surface area (Å²) in [6, 6.07) is 16.6. The number of benzene rings is 2. The van der Waals surface area contributed by atoms with E-state index in [-0.39, 0.29) is 5.92 Å². The predicted molar refractivity (Wildman–Crippen MR) is 109 cm³/mol. The van der Waals surface area contributed by atoms with E-state index in [9.17, 15) is 0 Å². The minimum atomic E-state index is 0.268. The van der Waals surface area contributed by atoms with E-state index >= 15 is 0 Å². The Morgan fingerprint density at radius 2 is 1.93 bits per heavy atom. The second-order valence-electron chi connectivity index (χ2n) is 7.74. The van der Waals surface area contributed by atoms with Gasteiger partial charge in [0.2, 0.25) is 11.7 Å². The predicted octanol–water partition coefficient (Wildman–Crippen LogP) is 3.85. The van der Waals surface area contributed by atoms with Crippen molar-refractivity contribution in [3.05, 3.63) is 65.5 Å². The molecule has 5 rings (SSSR count). The first-order valence-corrected chi connectivity index (χ1v) is 10.2. The van der Waals surface area contributed by atoms with Gasteiger partial charge in [0.1, 0.15) is 5.75 Å². The summed E-state index contributed by atoms with van der Waals surface area (Å²) in [4.78, 5) is 7.12. The maximum Gasteiger partial charge on any atom is 0.230 e. The Kier molecular flexibility index (Phi) is 5.04. The maximum atomic E-state index is 5.63. The van der Waals surface area contributed by atoms with Gasteiger partial charge in [0.05, 0.1) is 20.3 Å². The van der Waals surface area contributed by atoms with Crippen LogP contribution in [0.4, 0.5) is 0 Å². The quantitative estimate of drug-likeness (QED) is 0.636. The largest absolute Gasteiger partial charge is 0.496 e. The van der Waals surface area contributed by atoms with Crippen molar-refractivity contribution in [3.63, 3.8) is 0 Å². The van der Waals surface area contributed by atoms with E-state index in [0.29, 0.717) is 11.7 Å². The van der Waals surface area contributed by atoms with Gasteiger partial charge in [0.25, 0.3) is 0 Å². The van der Waals surface area contributed by atoms with Gasteiger partial charge >= 0.3 is 0 Å². The van der Waals surface area contributed by atoms with Crippen molar-refractivity contribution >= 4 is 0 Å². The molecule has 0 unspecified atom stereocenters. The number of hydrogen-bond donors (Lipinski definition) is 0. The number of para-hydroxylation sites is 1. The fourth-order valence-corrected chi connectivity index (χ4v) is 4.11. The van der Waals surface area contributed by atoms with Gasteiger partial charge in [-0.25, -0.2) is 0 Å². The monoisotopic (exact) mass is 391 g/mol. The van der Waals surface area contributed by atoms with Crippen LogP contribution in [-0.2, 0) is 11.3 Å². The zero-order valence-corrected chi connectivity index (χ0v) is 16.6. The van der Waals surface area contributed by atoms with Crippen LogP contribution in [0.25, 0.3) is 11.4 Å². The molecule has 0 N–H and O–H groups in total. The number of nitrogens with zero attached hydrogens (tertiary/aromatic N) is 3. The summed E-state index contributed by atoms with van der Waals surface area (Å²) in [7, 11) is 1.71. The SMILES string of the molecule is COc1ccccc1[C@H]1C[C@@H]1c1nc(-c2cccc(CN3CCOCC3)c2)no1. The Hall–Kier alpha value is -2.70. The van der Waals surface area contributed by atoms with Crippen LogP contribution in [-0.4, -0.2) is 48.5 Å². The first-order chi connectivity index (χ1) is 14.3. The lowest BCUT2D eigenvalue weighted by molar-refractivity contribution is 0.0342. The van der Waals surface area contributed by atoms with Crippen molar-refractivity contribution < 1.29 is 14.0 Å². The van der Waals surface area contributed by atoms with E-state index in [4.69, 9.17) is 19.0 Å². The molecule has 0 spiro atoms. The summed E-state index contributed by atoms with van der Waals surface area (Å²) in [5.41, 5.74) is 3.47. The first kappa shape index (κ1) is 18.3. The van der Waals surface area contributed by atoms with Crippen molar-refractivity contribution in [3.8, 4) is 17.1 Å². The van der Waals surface area contributed by atoms with Crippen molar-refractivity contribution in [1.29, 1.82) is 0 Å². The third kappa shape index (κ3) is 3.91. The second kappa shape index (κ2) is 7.97. The first-order valence-electron chi connectivity index (χ1n) is 10.2. The highest BCUT2D eigenvalue weighted by Crippen LogP contribution is 2.56. The van der Waals surface area contributed by atoms with Crippen LogP contribution in [0.3, 0.4) is 0 Å². The van der Waals surface area contributed by atoms with Gasteiger partial charge in [0, 0.05) is 31.1 Å². The molecular formula is C23H25N3O3. The Balaban J connectivity index is 1.30. The number of rotatable bonds is 6. The molecule has 150 valence electrons. The molecule has 1 aliphatic heterocycles. The van der Waals surface area contributed by atoms with Crippen LogP contribution in [0.2, 0.25) is 0 Å². The second-order valence-corrected chi connectivity index (χ2v) is 7.74.